The summed E-state index contributed by atoms with van der Waals surface area (Å²) in [6.07, 6.45) is 0. The largest absolute Gasteiger partial charge is 0.456 e. The van der Waals surface area contributed by atoms with Gasteiger partial charge in [-0.25, -0.2) is 0 Å². The predicted octanol–water partition coefficient (Wildman–Crippen LogP) is 4.61. The van der Waals surface area contributed by atoms with E-state index < -0.39 is 0 Å². The lowest BCUT2D eigenvalue weighted by atomic mass is 10.2. The van der Waals surface area contributed by atoms with Gasteiger partial charge in [0.15, 0.2) is 0 Å². The molecule has 2 nitrogen and oxygen atoms in total. The van der Waals surface area contributed by atoms with Gasteiger partial charge in [-0.2, -0.15) is 0 Å². The Labute approximate surface area is 120 Å². The van der Waals surface area contributed by atoms with Gasteiger partial charge < -0.3 is 10.1 Å². The van der Waals surface area contributed by atoms with Gasteiger partial charge in [0.2, 0.25) is 0 Å². The zero-order valence-corrected chi connectivity index (χ0v) is 12.3. The van der Waals surface area contributed by atoms with Crippen molar-refractivity contribution in [3.8, 4) is 11.5 Å². The molecule has 1 N–H and O–H groups in total. The molecule has 0 aliphatic carbocycles. The summed E-state index contributed by atoms with van der Waals surface area (Å²) in [5, 5.41) is 3.77. The molecular formula is C14H13BrClNO. The summed E-state index contributed by atoms with van der Waals surface area (Å²) in [5.41, 5.74) is 1.20. The van der Waals surface area contributed by atoms with Crippen molar-refractivity contribution in [1.82, 2.24) is 5.32 Å². The van der Waals surface area contributed by atoms with Crippen LogP contribution in [0.5, 0.6) is 11.5 Å². The number of rotatable bonds is 4. The molecule has 2 rings (SSSR count). The van der Waals surface area contributed by atoms with E-state index in [1.807, 2.05) is 43.4 Å². The van der Waals surface area contributed by atoms with E-state index in [4.69, 9.17) is 16.3 Å². The summed E-state index contributed by atoms with van der Waals surface area (Å²) in [6, 6.07) is 13.4. The average molecular weight is 327 g/mol. The summed E-state index contributed by atoms with van der Waals surface area (Å²) in [4.78, 5) is 0. The smallest absolute Gasteiger partial charge is 0.141 e. The Hall–Kier alpha value is -1.03. The first-order valence-corrected chi connectivity index (χ1v) is 6.72. The Kier molecular flexibility index (Phi) is 4.64. The van der Waals surface area contributed by atoms with Crippen LogP contribution in [0.2, 0.25) is 5.02 Å². The zero-order valence-electron chi connectivity index (χ0n) is 9.91. The summed E-state index contributed by atoms with van der Waals surface area (Å²) in [6.45, 7) is 0.829. The summed E-state index contributed by atoms with van der Waals surface area (Å²) < 4.78 is 6.70. The SMILES string of the molecule is CNCc1ccc(Oc2cccc(Cl)c2)c(Br)c1. The van der Waals surface area contributed by atoms with E-state index in [9.17, 15) is 0 Å². The molecule has 0 aliphatic heterocycles. The van der Waals surface area contributed by atoms with Crippen molar-refractivity contribution >= 4 is 27.5 Å². The summed E-state index contributed by atoms with van der Waals surface area (Å²) >= 11 is 9.42. The van der Waals surface area contributed by atoms with Crippen LogP contribution in [-0.4, -0.2) is 7.05 Å². The van der Waals surface area contributed by atoms with Crippen LogP contribution in [-0.2, 0) is 6.54 Å². The Morgan fingerprint density at radius 1 is 1.22 bits per heavy atom. The standard InChI is InChI=1S/C14H13BrClNO/c1-17-9-10-5-6-14(13(15)7-10)18-12-4-2-3-11(16)8-12/h2-8,17H,9H2,1H3. The van der Waals surface area contributed by atoms with Crippen molar-refractivity contribution in [3.63, 3.8) is 0 Å². The maximum Gasteiger partial charge on any atom is 0.141 e. The molecule has 0 aliphatic rings. The molecule has 0 spiro atoms. The number of ether oxygens (including phenoxy) is 1. The monoisotopic (exact) mass is 325 g/mol. The van der Waals surface area contributed by atoms with Gasteiger partial charge >= 0.3 is 0 Å². The minimum Gasteiger partial charge on any atom is -0.456 e. The Bertz CT molecular complexity index is 545. The van der Waals surface area contributed by atoms with Crippen molar-refractivity contribution in [2.45, 2.75) is 6.54 Å². The normalized spacial score (nSPS) is 10.4. The summed E-state index contributed by atoms with van der Waals surface area (Å²) in [7, 11) is 1.92. The van der Waals surface area contributed by atoms with E-state index in [-0.39, 0.29) is 0 Å². The molecule has 0 bridgehead atoms. The number of hydrogen-bond donors (Lipinski definition) is 1. The van der Waals surface area contributed by atoms with Crippen LogP contribution in [0.25, 0.3) is 0 Å². The van der Waals surface area contributed by atoms with Crippen LogP contribution in [0.4, 0.5) is 0 Å². The molecule has 0 saturated carbocycles. The van der Waals surface area contributed by atoms with Crippen LogP contribution in [0.1, 0.15) is 5.56 Å². The number of benzene rings is 2. The third-order valence-corrected chi connectivity index (χ3v) is 3.26. The first kappa shape index (κ1) is 13.4. The predicted molar refractivity (Wildman–Crippen MR) is 78.4 cm³/mol. The van der Waals surface area contributed by atoms with E-state index in [2.05, 4.69) is 21.2 Å². The lowest BCUT2D eigenvalue weighted by Crippen LogP contribution is -2.04. The lowest BCUT2D eigenvalue weighted by Gasteiger charge is -2.09. The number of nitrogens with one attached hydrogen (secondary N) is 1. The van der Waals surface area contributed by atoms with Gasteiger partial charge in [-0.3, -0.25) is 0 Å². The third-order valence-electron chi connectivity index (χ3n) is 2.40. The van der Waals surface area contributed by atoms with Crippen molar-refractivity contribution in [2.24, 2.45) is 0 Å². The molecule has 0 unspecified atom stereocenters. The molecular weight excluding hydrogens is 314 g/mol. The third kappa shape index (κ3) is 3.48. The molecule has 0 aromatic heterocycles. The zero-order chi connectivity index (χ0) is 13.0. The Morgan fingerprint density at radius 2 is 2.06 bits per heavy atom. The molecule has 0 amide bonds. The van der Waals surface area contributed by atoms with Gasteiger partial charge in [-0.05, 0) is 58.9 Å². The van der Waals surface area contributed by atoms with E-state index in [0.29, 0.717) is 5.02 Å². The summed E-state index contributed by atoms with van der Waals surface area (Å²) in [5.74, 6) is 1.50. The second-order valence-electron chi connectivity index (χ2n) is 3.85. The first-order valence-electron chi connectivity index (χ1n) is 5.55. The van der Waals surface area contributed by atoms with Gasteiger partial charge in [0, 0.05) is 11.6 Å². The molecule has 0 fully saturated rings. The van der Waals surface area contributed by atoms with Gasteiger partial charge in [0.05, 0.1) is 4.47 Å². The molecule has 0 radical (unpaired) electrons. The molecule has 4 heteroatoms. The van der Waals surface area contributed by atoms with Gasteiger partial charge in [0.25, 0.3) is 0 Å². The minimum absolute atomic E-state index is 0.662. The highest BCUT2D eigenvalue weighted by Gasteiger charge is 2.04. The number of halogens is 2. The molecule has 2 aromatic carbocycles. The molecule has 0 saturated heterocycles. The highest BCUT2D eigenvalue weighted by atomic mass is 79.9. The Balaban J connectivity index is 2.19. The molecule has 94 valence electrons. The van der Waals surface area contributed by atoms with Crippen molar-refractivity contribution < 1.29 is 4.74 Å². The van der Waals surface area contributed by atoms with Crippen molar-refractivity contribution in [3.05, 3.63) is 57.5 Å². The highest BCUT2D eigenvalue weighted by Crippen LogP contribution is 2.31. The fraction of sp³-hybridized carbons (Fsp3) is 0.143. The topological polar surface area (TPSA) is 21.3 Å². The second kappa shape index (κ2) is 6.23. The van der Waals surface area contributed by atoms with Crippen LogP contribution in [0, 0.1) is 0 Å². The van der Waals surface area contributed by atoms with Crippen molar-refractivity contribution in [2.75, 3.05) is 7.05 Å². The minimum atomic E-state index is 0.662. The molecule has 0 atom stereocenters. The molecule has 2 aromatic rings. The van der Waals surface area contributed by atoms with E-state index in [1.54, 1.807) is 6.07 Å². The van der Waals surface area contributed by atoms with E-state index in [1.165, 1.54) is 5.56 Å². The van der Waals surface area contributed by atoms with Crippen LogP contribution in [0.15, 0.2) is 46.9 Å². The fourth-order valence-electron chi connectivity index (χ4n) is 1.60. The van der Waals surface area contributed by atoms with Gasteiger partial charge in [-0.15, -0.1) is 0 Å². The van der Waals surface area contributed by atoms with Gasteiger partial charge in [-0.1, -0.05) is 23.7 Å². The second-order valence-corrected chi connectivity index (χ2v) is 5.15. The molecule has 0 heterocycles. The molecule has 18 heavy (non-hydrogen) atoms. The number of hydrogen-bond acceptors (Lipinski definition) is 2. The lowest BCUT2D eigenvalue weighted by molar-refractivity contribution is 0.479. The van der Waals surface area contributed by atoms with Gasteiger partial charge in [0.1, 0.15) is 11.5 Å². The van der Waals surface area contributed by atoms with Crippen molar-refractivity contribution in [1.29, 1.82) is 0 Å². The fourth-order valence-corrected chi connectivity index (χ4v) is 2.29. The van der Waals surface area contributed by atoms with E-state index >= 15 is 0 Å². The average Bonchev–Trinajstić information content (AvgIpc) is 2.33. The highest BCUT2D eigenvalue weighted by molar-refractivity contribution is 9.10. The maximum absolute atomic E-state index is 5.92. The maximum atomic E-state index is 5.92. The van der Waals surface area contributed by atoms with Crippen LogP contribution >= 0.6 is 27.5 Å². The Morgan fingerprint density at radius 3 is 2.72 bits per heavy atom. The quantitative estimate of drug-likeness (QED) is 0.885. The van der Waals surface area contributed by atoms with Crippen LogP contribution in [0.3, 0.4) is 0 Å². The van der Waals surface area contributed by atoms with E-state index in [0.717, 1.165) is 22.5 Å². The first-order chi connectivity index (χ1) is 8.69. The van der Waals surface area contributed by atoms with Crippen LogP contribution < -0.4 is 10.1 Å².